The van der Waals surface area contributed by atoms with E-state index in [0.717, 1.165) is 36.4 Å². The van der Waals surface area contributed by atoms with Gasteiger partial charge in [0.1, 0.15) is 0 Å². The molecule has 0 aliphatic carbocycles. The van der Waals surface area contributed by atoms with Crippen molar-refractivity contribution >= 4 is 6.03 Å². The fourth-order valence-electron chi connectivity index (χ4n) is 3.66. The summed E-state index contributed by atoms with van der Waals surface area (Å²) < 4.78 is 13.9. The van der Waals surface area contributed by atoms with Gasteiger partial charge in [-0.15, -0.1) is 0 Å². The molecule has 1 aliphatic heterocycles. The van der Waals surface area contributed by atoms with Crippen LogP contribution in [0.15, 0.2) is 36.5 Å². The fourth-order valence-corrected chi connectivity index (χ4v) is 3.66. The second-order valence-electron chi connectivity index (χ2n) is 7.57. The summed E-state index contributed by atoms with van der Waals surface area (Å²) >= 11 is 0. The SMILES string of the molecule is CCCOc1ccc(C(C)NC(=O)N2CCn3cccc3C2C)cc1OCCC. The minimum absolute atomic E-state index is 0.0419. The second-order valence-corrected chi connectivity index (χ2v) is 7.57. The maximum atomic E-state index is 12.9. The largest absolute Gasteiger partial charge is 0.490 e. The highest BCUT2D eigenvalue weighted by molar-refractivity contribution is 5.75. The molecular weight excluding hydrogens is 366 g/mol. The minimum atomic E-state index is -0.132. The summed E-state index contributed by atoms with van der Waals surface area (Å²) in [5.41, 5.74) is 2.17. The van der Waals surface area contributed by atoms with Crippen molar-refractivity contribution in [2.24, 2.45) is 0 Å². The monoisotopic (exact) mass is 399 g/mol. The van der Waals surface area contributed by atoms with E-state index >= 15 is 0 Å². The molecule has 0 saturated carbocycles. The molecule has 2 heterocycles. The van der Waals surface area contributed by atoms with E-state index < -0.39 is 0 Å². The van der Waals surface area contributed by atoms with Crippen LogP contribution in [0.1, 0.15) is 63.9 Å². The molecule has 3 rings (SSSR count). The van der Waals surface area contributed by atoms with Gasteiger partial charge < -0.3 is 24.3 Å². The first-order chi connectivity index (χ1) is 14.0. The molecule has 2 amide bonds. The van der Waals surface area contributed by atoms with Crippen molar-refractivity contribution < 1.29 is 14.3 Å². The first kappa shape index (κ1) is 21.1. The Bertz CT molecular complexity index is 817. The Kier molecular flexibility index (Phi) is 7.07. The average molecular weight is 400 g/mol. The highest BCUT2D eigenvalue weighted by Gasteiger charge is 2.28. The Labute approximate surface area is 173 Å². The molecule has 29 heavy (non-hydrogen) atoms. The van der Waals surface area contributed by atoms with Gasteiger partial charge in [0.15, 0.2) is 11.5 Å². The van der Waals surface area contributed by atoms with Crippen LogP contribution in [0.25, 0.3) is 0 Å². The van der Waals surface area contributed by atoms with Gasteiger partial charge in [0.25, 0.3) is 0 Å². The van der Waals surface area contributed by atoms with E-state index in [1.807, 2.05) is 36.1 Å². The molecule has 0 radical (unpaired) electrons. The topological polar surface area (TPSA) is 55.7 Å². The smallest absolute Gasteiger partial charge is 0.318 e. The Morgan fingerprint density at radius 3 is 2.59 bits per heavy atom. The highest BCUT2D eigenvalue weighted by Crippen LogP contribution is 2.31. The van der Waals surface area contributed by atoms with Crippen LogP contribution in [-0.4, -0.2) is 35.3 Å². The number of amides is 2. The van der Waals surface area contributed by atoms with Crippen LogP contribution in [0.5, 0.6) is 11.5 Å². The van der Waals surface area contributed by atoms with Gasteiger partial charge in [-0.2, -0.15) is 0 Å². The van der Waals surface area contributed by atoms with Gasteiger partial charge >= 0.3 is 6.03 Å². The van der Waals surface area contributed by atoms with Gasteiger partial charge in [0.2, 0.25) is 0 Å². The molecule has 6 nitrogen and oxygen atoms in total. The lowest BCUT2D eigenvalue weighted by atomic mass is 10.1. The third-order valence-electron chi connectivity index (χ3n) is 5.33. The first-order valence-corrected chi connectivity index (χ1v) is 10.7. The number of ether oxygens (including phenoxy) is 2. The van der Waals surface area contributed by atoms with E-state index in [1.165, 1.54) is 5.69 Å². The molecule has 2 unspecified atom stereocenters. The predicted molar refractivity (Wildman–Crippen MR) is 115 cm³/mol. The number of rotatable bonds is 8. The van der Waals surface area contributed by atoms with Crippen molar-refractivity contribution in [3.8, 4) is 11.5 Å². The van der Waals surface area contributed by atoms with Gasteiger partial charge in [-0.1, -0.05) is 19.9 Å². The lowest BCUT2D eigenvalue weighted by Crippen LogP contribution is -2.46. The maximum absolute atomic E-state index is 12.9. The number of nitrogens with zero attached hydrogens (tertiary/aromatic N) is 2. The van der Waals surface area contributed by atoms with Crippen LogP contribution in [0.4, 0.5) is 4.79 Å². The Hall–Kier alpha value is -2.63. The molecule has 0 saturated heterocycles. The number of hydrogen-bond donors (Lipinski definition) is 1. The lowest BCUT2D eigenvalue weighted by molar-refractivity contribution is 0.159. The average Bonchev–Trinajstić information content (AvgIpc) is 3.20. The van der Waals surface area contributed by atoms with Crippen molar-refractivity contribution in [1.29, 1.82) is 0 Å². The highest BCUT2D eigenvalue weighted by atomic mass is 16.5. The van der Waals surface area contributed by atoms with Gasteiger partial charge in [-0.3, -0.25) is 0 Å². The van der Waals surface area contributed by atoms with Crippen LogP contribution in [0, 0.1) is 0 Å². The van der Waals surface area contributed by atoms with E-state index in [-0.39, 0.29) is 18.1 Å². The number of carbonyl (C=O) groups excluding carboxylic acids is 1. The minimum Gasteiger partial charge on any atom is -0.490 e. The van der Waals surface area contributed by atoms with Crippen molar-refractivity contribution in [2.45, 2.75) is 59.2 Å². The lowest BCUT2D eigenvalue weighted by Gasteiger charge is -2.35. The standard InChI is InChI=1S/C23H33N3O3/c1-5-14-28-21-10-9-19(16-22(21)29-15-6-2)17(3)24-23(27)26-13-12-25-11-7-8-20(25)18(26)4/h7-11,16-18H,5-6,12-15H2,1-4H3,(H,24,27). The molecular formula is C23H33N3O3. The van der Waals surface area contributed by atoms with Crippen LogP contribution < -0.4 is 14.8 Å². The van der Waals surface area contributed by atoms with Crippen molar-refractivity contribution in [1.82, 2.24) is 14.8 Å². The van der Waals surface area contributed by atoms with Gasteiger partial charge in [-0.05, 0) is 56.5 Å². The third-order valence-corrected chi connectivity index (χ3v) is 5.33. The van der Waals surface area contributed by atoms with Crippen LogP contribution >= 0.6 is 0 Å². The Morgan fingerprint density at radius 1 is 1.14 bits per heavy atom. The zero-order valence-corrected chi connectivity index (χ0v) is 18.0. The molecule has 1 N–H and O–H groups in total. The van der Waals surface area contributed by atoms with Gasteiger partial charge in [0, 0.05) is 25.0 Å². The molecule has 1 aliphatic rings. The van der Waals surface area contributed by atoms with Crippen molar-refractivity contribution in [3.63, 3.8) is 0 Å². The number of aromatic nitrogens is 1. The number of carbonyl (C=O) groups is 1. The maximum Gasteiger partial charge on any atom is 0.318 e. The number of fused-ring (bicyclic) bond motifs is 1. The molecule has 0 spiro atoms. The summed E-state index contributed by atoms with van der Waals surface area (Å²) in [4.78, 5) is 14.8. The van der Waals surface area contributed by atoms with Gasteiger partial charge in [0.05, 0.1) is 25.3 Å². The van der Waals surface area contributed by atoms with Crippen LogP contribution in [-0.2, 0) is 6.54 Å². The first-order valence-electron chi connectivity index (χ1n) is 10.7. The zero-order chi connectivity index (χ0) is 20.8. The quantitative estimate of drug-likeness (QED) is 0.686. The summed E-state index contributed by atoms with van der Waals surface area (Å²) in [6.07, 6.45) is 3.95. The number of nitrogens with one attached hydrogen (secondary N) is 1. The van der Waals surface area contributed by atoms with E-state index in [4.69, 9.17) is 9.47 Å². The molecule has 2 aromatic rings. The van der Waals surface area contributed by atoms with Crippen molar-refractivity contribution in [2.75, 3.05) is 19.8 Å². The second kappa shape index (κ2) is 9.72. The summed E-state index contributed by atoms with van der Waals surface area (Å²) in [7, 11) is 0. The molecule has 0 bridgehead atoms. The number of hydrogen-bond acceptors (Lipinski definition) is 3. The van der Waals surface area contributed by atoms with Gasteiger partial charge in [-0.25, -0.2) is 4.79 Å². The molecule has 6 heteroatoms. The summed E-state index contributed by atoms with van der Waals surface area (Å²) in [6, 6.07) is 9.92. The van der Waals surface area contributed by atoms with Crippen LogP contribution in [0.3, 0.4) is 0 Å². The third kappa shape index (κ3) is 4.86. The molecule has 0 fully saturated rings. The fraction of sp³-hybridized carbons (Fsp3) is 0.522. The molecule has 158 valence electrons. The molecule has 1 aromatic heterocycles. The molecule has 1 aromatic carbocycles. The summed E-state index contributed by atoms with van der Waals surface area (Å²) in [5.74, 6) is 1.50. The molecule has 2 atom stereocenters. The van der Waals surface area contributed by atoms with E-state index in [1.54, 1.807) is 0 Å². The zero-order valence-electron chi connectivity index (χ0n) is 18.0. The normalized spacial score (nSPS) is 16.8. The number of urea groups is 1. The summed E-state index contributed by atoms with van der Waals surface area (Å²) in [6.45, 7) is 11.1. The summed E-state index contributed by atoms with van der Waals surface area (Å²) in [5, 5.41) is 3.15. The predicted octanol–water partition coefficient (Wildman–Crippen LogP) is 4.91. The van der Waals surface area contributed by atoms with E-state index in [9.17, 15) is 4.79 Å². The Morgan fingerprint density at radius 2 is 1.86 bits per heavy atom. The Balaban J connectivity index is 1.69. The van der Waals surface area contributed by atoms with Crippen molar-refractivity contribution in [3.05, 3.63) is 47.8 Å². The van der Waals surface area contributed by atoms with E-state index in [2.05, 4.69) is 42.9 Å². The van der Waals surface area contributed by atoms with E-state index in [0.29, 0.717) is 19.8 Å². The van der Waals surface area contributed by atoms with Crippen LogP contribution in [0.2, 0.25) is 0 Å². The number of benzene rings is 1.